The highest BCUT2D eigenvalue weighted by molar-refractivity contribution is 7.91. The zero-order chi connectivity index (χ0) is 13.0. The van der Waals surface area contributed by atoms with Crippen LogP contribution in [0, 0.1) is 11.8 Å². The highest BCUT2D eigenvalue weighted by atomic mass is 32.2. The van der Waals surface area contributed by atoms with Crippen LogP contribution in [0.2, 0.25) is 0 Å². The molecule has 1 unspecified atom stereocenters. The van der Waals surface area contributed by atoms with Gasteiger partial charge in [0.25, 0.3) is 0 Å². The largest absolute Gasteiger partial charge is 0.314 e. The number of sulfone groups is 1. The first-order chi connectivity index (χ1) is 8.61. The highest BCUT2D eigenvalue weighted by Gasteiger charge is 2.28. The molecule has 2 aliphatic rings. The molecule has 0 spiro atoms. The van der Waals surface area contributed by atoms with Gasteiger partial charge in [-0.15, -0.1) is 0 Å². The fraction of sp³-hybridized carbons (Fsp3) is 1.00. The van der Waals surface area contributed by atoms with Gasteiger partial charge in [0, 0.05) is 11.8 Å². The van der Waals surface area contributed by atoms with Crippen LogP contribution in [0.3, 0.4) is 0 Å². The van der Waals surface area contributed by atoms with E-state index in [4.69, 9.17) is 0 Å². The van der Waals surface area contributed by atoms with Gasteiger partial charge < -0.3 is 5.32 Å². The molecule has 106 valence electrons. The Hall–Kier alpha value is -0.0900. The summed E-state index contributed by atoms with van der Waals surface area (Å²) in [5, 5.41) is 3.59. The molecule has 0 bridgehead atoms. The van der Waals surface area contributed by atoms with Crippen LogP contribution in [0.15, 0.2) is 0 Å². The van der Waals surface area contributed by atoms with E-state index in [0.29, 0.717) is 17.4 Å². The molecule has 3 nitrogen and oxygen atoms in total. The molecule has 0 aromatic heterocycles. The molecule has 0 amide bonds. The fourth-order valence-electron chi connectivity index (χ4n) is 3.01. The second kappa shape index (κ2) is 6.38. The number of hydrogen-bond donors (Lipinski definition) is 1. The Morgan fingerprint density at radius 2 is 1.83 bits per heavy atom. The topological polar surface area (TPSA) is 46.2 Å². The van der Waals surface area contributed by atoms with Gasteiger partial charge in [0.15, 0.2) is 0 Å². The lowest BCUT2D eigenvalue weighted by Crippen LogP contribution is -2.30. The minimum absolute atomic E-state index is 0.292. The minimum atomic E-state index is -2.79. The number of nitrogens with one attached hydrogen (secondary N) is 1. The van der Waals surface area contributed by atoms with E-state index in [9.17, 15) is 8.42 Å². The van der Waals surface area contributed by atoms with Gasteiger partial charge in [-0.05, 0) is 37.6 Å². The van der Waals surface area contributed by atoms with Crippen LogP contribution in [0.4, 0.5) is 0 Å². The summed E-state index contributed by atoms with van der Waals surface area (Å²) in [5.74, 6) is 2.02. The van der Waals surface area contributed by atoms with E-state index < -0.39 is 9.84 Å². The second-order valence-corrected chi connectivity index (χ2v) is 8.48. The molecule has 1 atom stereocenters. The number of hydrogen-bond acceptors (Lipinski definition) is 3. The lowest BCUT2D eigenvalue weighted by molar-refractivity contribution is 0.314. The predicted octanol–water partition coefficient (Wildman–Crippen LogP) is 2.37. The summed E-state index contributed by atoms with van der Waals surface area (Å²) in [6, 6.07) is 0.733. The zero-order valence-corrected chi connectivity index (χ0v) is 12.3. The van der Waals surface area contributed by atoms with E-state index in [2.05, 4.69) is 5.32 Å². The number of rotatable bonds is 8. The molecule has 2 fully saturated rings. The van der Waals surface area contributed by atoms with Crippen molar-refractivity contribution in [2.75, 3.05) is 18.1 Å². The fourth-order valence-corrected chi connectivity index (χ4v) is 3.96. The third-order valence-electron chi connectivity index (χ3n) is 4.55. The molecular weight excluding hydrogens is 246 g/mol. The first-order valence-electron chi connectivity index (χ1n) is 7.54. The molecule has 0 saturated heterocycles. The van der Waals surface area contributed by atoms with Gasteiger partial charge in [0.2, 0.25) is 0 Å². The third-order valence-corrected chi connectivity index (χ3v) is 6.29. The minimum Gasteiger partial charge on any atom is -0.314 e. The van der Waals surface area contributed by atoms with Gasteiger partial charge in [0.1, 0.15) is 9.84 Å². The maximum atomic E-state index is 11.6. The zero-order valence-electron chi connectivity index (χ0n) is 11.5. The van der Waals surface area contributed by atoms with E-state index in [1.54, 1.807) is 6.92 Å². The quantitative estimate of drug-likeness (QED) is 0.738. The Morgan fingerprint density at radius 1 is 1.17 bits per heavy atom. The van der Waals surface area contributed by atoms with E-state index in [-0.39, 0.29) is 0 Å². The van der Waals surface area contributed by atoms with Crippen LogP contribution < -0.4 is 5.32 Å². The summed E-state index contributed by atoms with van der Waals surface area (Å²) < 4.78 is 23.3. The third kappa shape index (κ3) is 4.54. The molecule has 2 aliphatic carbocycles. The standard InChI is InChI=1S/C14H27NO2S/c1-2-18(16,17)10-9-13(11-15-14-7-8-14)12-5-3-4-6-12/h12-15H,2-11H2,1H3. The maximum Gasteiger partial charge on any atom is 0.150 e. The SMILES string of the molecule is CCS(=O)(=O)CCC(CNC1CC1)C1CCCC1. The Labute approximate surface area is 112 Å². The van der Waals surface area contributed by atoms with Crippen LogP contribution in [0.5, 0.6) is 0 Å². The van der Waals surface area contributed by atoms with Crippen molar-refractivity contribution in [3.8, 4) is 0 Å². The first kappa shape index (κ1) is 14.3. The molecular formula is C14H27NO2S. The monoisotopic (exact) mass is 273 g/mol. The predicted molar refractivity (Wildman–Crippen MR) is 75.4 cm³/mol. The van der Waals surface area contributed by atoms with E-state index in [0.717, 1.165) is 24.9 Å². The molecule has 18 heavy (non-hydrogen) atoms. The van der Waals surface area contributed by atoms with Gasteiger partial charge >= 0.3 is 0 Å². The molecule has 0 radical (unpaired) electrons. The normalized spacial score (nSPS) is 23.4. The smallest absolute Gasteiger partial charge is 0.150 e. The van der Waals surface area contributed by atoms with Crippen molar-refractivity contribution in [1.82, 2.24) is 5.32 Å². The molecule has 0 aromatic carbocycles. The molecule has 0 aromatic rings. The molecule has 1 N–H and O–H groups in total. The first-order valence-corrected chi connectivity index (χ1v) is 9.36. The van der Waals surface area contributed by atoms with E-state index in [1.165, 1.54) is 38.5 Å². The Morgan fingerprint density at radius 3 is 2.39 bits per heavy atom. The van der Waals surface area contributed by atoms with Crippen molar-refractivity contribution in [3.05, 3.63) is 0 Å². The summed E-state index contributed by atoms with van der Waals surface area (Å²) in [6.45, 7) is 2.79. The summed E-state index contributed by atoms with van der Waals surface area (Å²) in [4.78, 5) is 0. The van der Waals surface area contributed by atoms with Crippen molar-refractivity contribution in [2.24, 2.45) is 11.8 Å². The summed E-state index contributed by atoms with van der Waals surface area (Å²) in [6.07, 6.45) is 8.78. The van der Waals surface area contributed by atoms with E-state index in [1.807, 2.05) is 0 Å². The molecule has 2 rings (SSSR count). The van der Waals surface area contributed by atoms with Crippen molar-refractivity contribution in [3.63, 3.8) is 0 Å². The van der Waals surface area contributed by atoms with Crippen LogP contribution in [0.1, 0.15) is 51.9 Å². The average Bonchev–Trinajstić information content (AvgIpc) is 3.02. The molecule has 0 aliphatic heterocycles. The Kier molecular flexibility index (Phi) is 5.07. The summed E-state index contributed by atoms with van der Waals surface area (Å²) in [7, 11) is -2.79. The Bertz CT molecular complexity index is 343. The van der Waals surface area contributed by atoms with Gasteiger partial charge in [-0.2, -0.15) is 0 Å². The van der Waals surface area contributed by atoms with Gasteiger partial charge in [-0.3, -0.25) is 0 Å². The van der Waals surface area contributed by atoms with Crippen molar-refractivity contribution >= 4 is 9.84 Å². The van der Waals surface area contributed by atoms with Gasteiger partial charge in [-0.25, -0.2) is 8.42 Å². The van der Waals surface area contributed by atoms with Crippen LogP contribution >= 0.6 is 0 Å². The average molecular weight is 273 g/mol. The summed E-state index contributed by atoms with van der Waals surface area (Å²) in [5.41, 5.74) is 0. The van der Waals surface area contributed by atoms with Crippen LogP contribution in [-0.2, 0) is 9.84 Å². The molecule has 0 heterocycles. The molecule has 2 saturated carbocycles. The van der Waals surface area contributed by atoms with Gasteiger partial charge in [0.05, 0.1) is 5.75 Å². The van der Waals surface area contributed by atoms with Crippen molar-refractivity contribution < 1.29 is 8.42 Å². The van der Waals surface area contributed by atoms with Crippen LogP contribution in [-0.4, -0.2) is 32.5 Å². The second-order valence-electron chi connectivity index (χ2n) is 6.01. The maximum absolute atomic E-state index is 11.6. The lowest BCUT2D eigenvalue weighted by atomic mass is 9.88. The van der Waals surface area contributed by atoms with Gasteiger partial charge in [-0.1, -0.05) is 32.6 Å². The van der Waals surface area contributed by atoms with Crippen molar-refractivity contribution in [2.45, 2.75) is 57.9 Å². The Balaban J connectivity index is 1.82. The van der Waals surface area contributed by atoms with Crippen molar-refractivity contribution in [1.29, 1.82) is 0 Å². The lowest BCUT2D eigenvalue weighted by Gasteiger charge is -2.23. The molecule has 4 heteroatoms. The summed E-state index contributed by atoms with van der Waals surface area (Å²) >= 11 is 0. The van der Waals surface area contributed by atoms with Crippen LogP contribution in [0.25, 0.3) is 0 Å². The van der Waals surface area contributed by atoms with E-state index >= 15 is 0 Å². The highest BCUT2D eigenvalue weighted by Crippen LogP contribution is 2.33.